The number of carbonyl (C=O) groups excluding carboxylic acids is 1. The SMILES string of the molecule is CCC(C)NC(=NCC(=O)N(C)C)NCC(c1ccc(OC)c(OC)c1)N1CCOCC1.I. The molecule has 1 aliphatic heterocycles. The Labute approximate surface area is 215 Å². The monoisotopic (exact) mass is 577 g/mol. The van der Waals surface area contributed by atoms with Crippen molar-refractivity contribution >= 4 is 35.8 Å². The van der Waals surface area contributed by atoms with Crippen LogP contribution in [0.25, 0.3) is 0 Å². The van der Waals surface area contributed by atoms with E-state index in [1.54, 1.807) is 33.2 Å². The molecule has 1 fully saturated rings. The molecule has 0 aromatic heterocycles. The fourth-order valence-electron chi connectivity index (χ4n) is 3.38. The molecule has 2 N–H and O–H groups in total. The fraction of sp³-hybridized carbons (Fsp3) is 0.652. The van der Waals surface area contributed by atoms with Gasteiger partial charge in [-0.3, -0.25) is 9.69 Å². The lowest BCUT2D eigenvalue weighted by molar-refractivity contribution is -0.127. The van der Waals surface area contributed by atoms with E-state index in [2.05, 4.69) is 40.4 Å². The summed E-state index contributed by atoms with van der Waals surface area (Å²) in [5, 5.41) is 6.85. The molecule has 0 spiro atoms. The second-order valence-corrected chi connectivity index (χ2v) is 8.07. The third-order valence-corrected chi connectivity index (χ3v) is 5.61. The molecule has 0 bridgehead atoms. The minimum absolute atomic E-state index is 0. The van der Waals surface area contributed by atoms with Crippen LogP contribution in [0.3, 0.4) is 0 Å². The largest absolute Gasteiger partial charge is 0.493 e. The van der Waals surface area contributed by atoms with Gasteiger partial charge < -0.3 is 29.7 Å². The summed E-state index contributed by atoms with van der Waals surface area (Å²) in [6.07, 6.45) is 0.949. The number of amides is 1. The van der Waals surface area contributed by atoms with Crippen LogP contribution in [0, 0.1) is 0 Å². The number of benzene rings is 1. The van der Waals surface area contributed by atoms with Crippen LogP contribution in [0.1, 0.15) is 31.9 Å². The maximum absolute atomic E-state index is 12.1. The summed E-state index contributed by atoms with van der Waals surface area (Å²) in [5.74, 6) is 1.99. The minimum Gasteiger partial charge on any atom is -0.493 e. The Balaban J connectivity index is 0.00000544. The molecule has 1 aromatic carbocycles. The molecule has 33 heavy (non-hydrogen) atoms. The second-order valence-electron chi connectivity index (χ2n) is 8.07. The molecule has 0 saturated carbocycles. The third-order valence-electron chi connectivity index (χ3n) is 5.61. The van der Waals surface area contributed by atoms with Crippen molar-refractivity contribution in [1.82, 2.24) is 20.4 Å². The molecule has 188 valence electrons. The van der Waals surface area contributed by atoms with Crippen LogP contribution < -0.4 is 20.1 Å². The first-order valence-corrected chi connectivity index (χ1v) is 11.2. The predicted molar refractivity (Wildman–Crippen MR) is 142 cm³/mol. The van der Waals surface area contributed by atoms with E-state index in [0.717, 1.165) is 25.1 Å². The molecule has 1 heterocycles. The van der Waals surface area contributed by atoms with E-state index in [-0.39, 0.29) is 48.5 Å². The van der Waals surface area contributed by atoms with Crippen LogP contribution in [0.5, 0.6) is 11.5 Å². The zero-order valence-corrected chi connectivity index (χ0v) is 23.0. The molecule has 1 saturated heterocycles. The molecule has 2 rings (SSSR count). The number of likely N-dealkylation sites (N-methyl/N-ethyl adjacent to an activating group) is 1. The molecule has 1 aliphatic rings. The number of nitrogens with zero attached hydrogens (tertiary/aromatic N) is 3. The van der Waals surface area contributed by atoms with Gasteiger partial charge in [0, 0.05) is 39.8 Å². The standard InChI is InChI=1S/C23H39N5O4.HI/c1-7-17(2)26-23(25-16-22(29)27(3)4)24-15-19(28-10-12-32-13-11-28)18-8-9-20(30-5)21(14-18)31-6;/h8-9,14,17,19H,7,10-13,15-16H2,1-6H3,(H2,24,25,26);1H. The van der Waals surface area contributed by atoms with Crippen molar-refractivity contribution in [2.45, 2.75) is 32.4 Å². The number of ether oxygens (including phenoxy) is 3. The van der Waals surface area contributed by atoms with Crippen LogP contribution in [0.15, 0.2) is 23.2 Å². The molecule has 0 radical (unpaired) electrons. The van der Waals surface area contributed by atoms with E-state index in [0.29, 0.717) is 37.2 Å². The Bertz CT molecular complexity index is 756. The quantitative estimate of drug-likeness (QED) is 0.250. The van der Waals surface area contributed by atoms with Crippen LogP contribution >= 0.6 is 24.0 Å². The van der Waals surface area contributed by atoms with Gasteiger partial charge in [0.2, 0.25) is 5.91 Å². The lowest BCUT2D eigenvalue weighted by Crippen LogP contribution is -2.48. The van der Waals surface area contributed by atoms with Crippen molar-refractivity contribution in [3.05, 3.63) is 23.8 Å². The fourth-order valence-corrected chi connectivity index (χ4v) is 3.38. The van der Waals surface area contributed by atoms with Gasteiger partial charge in [0.15, 0.2) is 17.5 Å². The number of aliphatic imine (C=N–C) groups is 1. The maximum Gasteiger partial charge on any atom is 0.243 e. The summed E-state index contributed by atoms with van der Waals surface area (Å²) in [6.45, 7) is 8.00. The Morgan fingerprint density at radius 2 is 1.88 bits per heavy atom. The number of hydrogen-bond acceptors (Lipinski definition) is 6. The summed E-state index contributed by atoms with van der Waals surface area (Å²) in [6, 6.07) is 6.34. The number of morpholine rings is 1. The van der Waals surface area contributed by atoms with Gasteiger partial charge in [-0.1, -0.05) is 13.0 Å². The summed E-state index contributed by atoms with van der Waals surface area (Å²) in [7, 11) is 6.75. The van der Waals surface area contributed by atoms with Gasteiger partial charge >= 0.3 is 0 Å². The Morgan fingerprint density at radius 3 is 2.45 bits per heavy atom. The normalized spacial score (nSPS) is 16.2. The Morgan fingerprint density at radius 1 is 1.21 bits per heavy atom. The Hall–Kier alpha value is -1.79. The summed E-state index contributed by atoms with van der Waals surface area (Å²) < 4.78 is 16.5. The van der Waals surface area contributed by atoms with Crippen molar-refractivity contribution < 1.29 is 19.0 Å². The predicted octanol–water partition coefficient (Wildman–Crippen LogP) is 2.12. The lowest BCUT2D eigenvalue weighted by atomic mass is 10.0. The highest BCUT2D eigenvalue weighted by molar-refractivity contribution is 14.0. The van der Waals surface area contributed by atoms with E-state index in [9.17, 15) is 4.79 Å². The first kappa shape index (κ1) is 29.2. The van der Waals surface area contributed by atoms with E-state index in [4.69, 9.17) is 14.2 Å². The number of rotatable bonds is 10. The zero-order valence-electron chi connectivity index (χ0n) is 20.7. The van der Waals surface area contributed by atoms with Crippen LogP contribution in [0.4, 0.5) is 0 Å². The second kappa shape index (κ2) is 15.2. The highest BCUT2D eigenvalue weighted by atomic mass is 127. The van der Waals surface area contributed by atoms with E-state index in [1.165, 1.54) is 0 Å². The molecule has 9 nitrogen and oxygen atoms in total. The number of hydrogen-bond donors (Lipinski definition) is 2. The molecular weight excluding hydrogens is 537 g/mol. The van der Waals surface area contributed by atoms with Crippen molar-refractivity contribution in [3.63, 3.8) is 0 Å². The van der Waals surface area contributed by atoms with E-state index >= 15 is 0 Å². The number of guanidine groups is 1. The maximum atomic E-state index is 12.1. The number of nitrogens with one attached hydrogen (secondary N) is 2. The van der Waals surface area contributed by atoms with Crippen molar-refractivity contribution in [3.8, 4) is 11.5 Å². The average Bonchev–Trinajstić information content (AvgIpc) is 2.82. The number of methoxy groups -OCH3 is 2. The highest BCUT2D eigenvalue weighted by Gasteiger charge is 2.24. The van der Waals surface area contributed by atoms with Gasteiger partial charge in [-0.25, -0.2) is 4.99 Å². The van der Waals surface area contributed by atoms with Gasteiger partial charge in [0.25, 0.3) is 0 Å². The molecule has 1 amide bonds. The summed E-state index contributed by atoms with van der Waals surface area (Å²) in [5.41, 5.74) is 1.12. The zero-order chi connectivity index (χ0) is 23.5. The molecule has 2 atom stereocenters. The molecule has 2 unspecified atom stereocenters. The van der Waals surface area contributed by atoms with Gasteiger partial charge in [0.1, 0.15) is 6.54 Å². The Kier molecular flexibility index (Phi) is 13.4. The van der Waals surface area contributed by atoms with Crippen LogP contribution in [-0.4, -0.2) is 95.4 Å². The first-order chi connectivity index (χ1) is 15.4. The van der Waals surface area contributed by atoms with Gasteiger partial charge in [-0.15, -0.1) is 24.0 Å². The number of halogens is 1. The average molecular weight is 578 g/mol. The summed E-state index contributed by atoms with van der Waals surface area (Å²) in [4.78, 5) is 20.5. The van der Waals surface area contributed by atoms with E-state index < -0.39 is 0 Å². The molecule has 10 heteroatoms. The van der Waals surface area contributed by atoms with Gasteiger partial charge in [-0.2, -0.15) is 0 Å². The minimum atomic E-state index is -0.0418. The topological polar surface area (TPSA) is 87.7 Å². The molecule has 1 aromatic rings. The molecule has 0 aliphatic carbocycles. The van der Waals surface area contributed by atoms with Crippen molar-refractivity contribution in [1.29, 1.82) is 0 Å². The van der Waals surface area contributed by atoms with Crippen molar-refractivity contribution in [2.75, 3.05) is 67.7 Å². The highest BCUT2D eigenvalue weighted by Crippen LogP contribution is 2.32. The molecular formula is C23H40IN5O4. The first-order valence-electron chi connectivity index (χ1n) is 11.2. The van der Waals surface area contributed by atoms with Crippen molar-refractivity contribution in [2.24, 2.45) is 4.99 Å². The lowest BCUT2D eigenvalue weighted by Gasteiger charge is -2.35. The van der Waals surface area contributed by atoms with E-state index in [1.807, 2.05) is 12.1 Å². The third kappa shape index (κ3) is 9.17. The van der Waals surface area contributed by atoms with Gasteiger partial charge in [-0.05, 0) is 31.0 Å². The summed E-state index contributed by atoms with van der Waals surface area (Å²) >= 11 is 0. The van der Waals surface area contributed by atoms with Crippen LogP contribution in [0.2, 0.25) is 0 Å². The number of carbonyl (C=O) groups is 1. The van der Waals surface area contributed by atoms with Gasteiger partial charge in [0.05, 0.1) is 33.5 Å². The smallest absolute Gasteiger partial charge is 0.243 e. The van der Waals surface area contributed by atoms with Crippen LogP contribution in [-0.2, 0) is 9.53 Å².